The Labute approximate surface area is 124 Å². The highest BCUT2D eigenvalue weighted by Crippen LogP contribution is 2.28. The molecular weight excluding hydrogens is 292 g/mol. The van der Waals surface area contributed by atoms with Crippen molar-refractivity contribution in [1.82, 2.24) is 9.36 Å². The van der Waals surface area contributed by atoms with E-state index in [-0.39, 0.29) is 16.3 Å². The van der Waals surface area contributed by atoms with Crippen LogP contribution < -0.4 is 4.90 Å². The van der Waals surface area contributed by atoms with E-state index in [2.05, 4.69) is 9.36 Å². The topological polar surface area (TPSA) is 107 Å². The van der Waals surface area contributed by atoms with Gasteiger partial charge in [0.2, 0.25) is 0 Å². The van der Waals surface area contributed by atoms with Crippen molar-refractivity contribution in [2.45, 2.75) is 6.92 Å². The largest absolute Gasteiger partial charge is 0.478 e. The number of aryl methyl sites for hydroxylation is 1. The lowest BCUT2D eigenvalue weighted by Crippen LogP contribution is -2.27. The van der Waals surface area contributed by atoms with Gasteiger partial charge in [-0.15, -0.1) is 0 Å². The number of hydrogen-bond donors (Lipinski definition) is 1. The average Bonchev–Trinajstić information content (AvgIpc) is 2.87. The third kappa shape index (κ3) is 2.73. The summed E-state index contributed by atoms with van der Waals surface area (Å²) in [4.78, 5) is 28.6. The van der Waals surface area contributed by atoms with Crippen molar-refractivity contribution >= 4 is 28.4 Å². The molecule has 0 saturated heterocycles. The van der Waals surface area contributed by atoms with Crippen molar-refractivity contribution in [2.75, 3.05) is 11.9 Å². The van der Waals surface area contributed by atoms with Crippen molar-refractivity contribution in [2.24, 2.45) is 0 Å². The van der Waals surface area contributed by atoms with Crippen LogP contribution in [0.2, 0.25) is 0 Å². The number of rotatable bonds is 3. The Bertz CT molecular complexity index is 746. The van der Waals surface area contributed by atoms with Crippen molar-refractivity contribution in [1.29, 1.82) is 5.26 Å². The van der Waals surface area contributed by atoms with E-state index in [4.69, 9.17) is 5.26 Å². The average molecular weight is 302 g/mol. The van der Waals surface area contributed by atoms with E-state index in [9.17, 15) is 14.7 Å². The lowest BCUT2D eigenvalue weighted by Gasteiger charge is -2.15. The van der Waals surface area contributed by atoms with Crippen molar-refractivity contribution in [3.63, 3.8) is 0 Å². The zero-order valence-corrected chi connectivity index (χ0v) is 12.0. The second-order valence-electron chi connectivity index (χ2n) is 4.16. The number of carboxylic acid groups (broad SMARTS) is 1. The van der Waals surface area contributed by atoms with E-state index in [1.54, 1.807) is 6.92 Å². The van der Waals surface area contributed by atoms with E-state index < -0.39 is 11.9 Å². The number of hydrogen-bond acceptors (Lipinski definition) is 6. The van der Waals surface area contributed by atoms with E-state index >= 15 is 0 Å². The fourth-order valence-corrected chi connectivity index (χ4v) is 2.53. The predicted molar refractivity (Wildman–Crippen MR) is 75.5 cm³/mol. The van der Waals surface area contributed by atoms with E-state index in [0.717, 1.165) is 11.5 Å². The van der Waals surface area contributed by atoms with Gasteiger partial charge in [0, 0.05) is 13.2 Å². The van der Waals surface area contributed by atoms with Crippen LogP contribution in [0, 0.1) is 18.3 Å². The van der Waals surface area contributed by atoms with Crippen LogP contribution in [0.3, 0.4) is 0 Å². The van der Waals surface area contributed by atoms with Gasteiger partial charge in [0.1, 0.15) is 22.3 Å². The second-order valence-corrected chi connectivity index (χ2v) is 4.91. The van der Waals surface area contributed by atoms with Crippen LogP contribution in [0.4, 0.5) is 5.00 Å². The molecule has 2 rings (SSSR count). The van der Waals surface area contributed by atoms with Crippen LogP contribution in [0.15, 0.2) is 18.3 Å². The molecule has 7 nitrogen and oxygen atoms in total. The molecule has 8 heteroatoms. The summed E-state index contributed by atoms with van der Waals surface area (Å²) in [5.74, 6) is -1.60. The molecule has 2 heterocycles. The molecule has 0 fully saturated rings. The number of nitrogens with zero attached hydrogens (tertiary/aromatic N) is 4. The zero-order valence-electron chi connectivity index (χ0n) is 11.2. The molecule has 0 aromatic carbocycles. The van der Waals surface area contributed by atoms with Gasteiger partial charge in [0.05, 0.1) is 11.3 Å². The molecule has 0 aliphatic rings. The monoisotopic (exact) mass is 302 g/mol. The quantitative estimate of drug-likeness (QED) is 0.924. The first-order valence-corrected chi connectivity index (χ1v) is 6.56. The summed E-state index contributed by atoms with van der Waals surface area (Å²) in [7, 11) is 1.46. The van der Waals surface area contributed by atoms with Gasteiger partial charge in [-0.3, -0.25) is 9.69 Å². The number of amides is 1. The van der Waals surface area contributed by atoms with Crippen LogP contribution in [-0.4, -0.2) is 33.4 Å². The molecule has 0 unspecified atom stereocenters. The highest BCUT2D eigenvalue weighted by atomic mass is 32.1. The fraction of sp³-hybridized carbons (Fsp3) is 0.154. The van der Waals surface area contributed by atoms with Gasteiger partial charge >= 0.3 is 5.97 Å². The lowest BCUT2D eigenvalue weighted by atomic mass is 10.2. The molecule has 0 aliphatic carbocycles. The number of anilines is 1. The maximum Gasteiger partial charge on any atom is 0.340 e. The van der Waals surface area contributed by atoms with Gasteiger partial charge in [-0.25, -0.2) is 9.78 Å². The molecule has 2 aromatic rings. The summed E-state index contributed by atoms with van der Waals surface area (Å²) in [6.45, 7) is 1.57. The molecule has 0 saturated carbocycles. The Balaban J connectivity index is 2.35. The van der Waals surface area contributed by atoms with Crippen LogP contribution in [-0.2, 0) is 0 Å². The van der Waals surface area contributed by atoms with Gasteiger partial charge in [-0.1, -0.05) is 0 Å². The molecule has 21 heavy (non-hydrogen) atoms. The van der Waals surface area contributed by atoms with Crippen molar-refractivity contribution in [3.05, 3.63) is 40.8 Å². The Morgan fingerprint density at radius 2 is 2.14 bits per heavy atom. The van der Waals surface area contributed by atoms with Crippen LogP contribution in [0.25, 0.3) is 0 Å². The summed E-state index contributed by atoms with van der Waals surface area (Å²) in [6.07, 6.45) is 1.29. The van der Waals surface area contributed by atoms with Gasteiger partial charge in [0.15, 0.2) is 0 Å². The molecule has 2 aromatic heterocycles. The maximum atomic E-state index is 12.3. The van der Waals surface area contributed by atoms with Gasteiger partial charge < -0.3 is 5.11 Å². The lowest BCUT2D eigenvalue weighted by molar-refractivity contribution is 0.0697. The summed E-state index contributed by atoms with van der Waals surface area (Å²) < 4.78 is 3.97. The number of carboxylic acids is 1. The number of carbonyl (C=O) groups is 2. The standard InChI is InChI=1S/C13H10N4O3S/c1-7-10(13(19)20)12(21-16-7)17(2)11(18)9-4-3-8(5-14)6-15-9/h3-4,6H,1-2H3,(H,19,20). The Hall–Kier alpha value is -2.79. The minimum absolute atomic E-state index is 0.00416. The number of nitriles is 1. The normalized spacial score (nSPS) is 9.95. The first kappa shape index (κ1) is 14.6. The van der Waals surface area contributed by atoms with E-state index in [0.29, 0.717) is 11.3 Å². The highest BCUT2D eigenvalue weighted by Gasteiger charge is 2.25. The second kappa shape index (κ2) is 5.68. The Morgan fingerprint density at radius 3 is 2.67 bits per heavy atom. The summed E-state index contributed by atoms with van der Waals surface area (Å²) >= 11 is 0.937. The third-order valence-corrected chi connectivity index (χ3v) is 3.80. The molecule has 0 atom stereocenters. The number of pyridine rings is 1. The van der Waals surface area contributed by atoms with Crippen molar-refractivity contribution in [3.8, 4) is 6.07 Å². The van der Waals surface area contributed by atoms with Gasteiger partial charge in [0.25, 0.3) is 5.91 Å². The van der Waals surface area contributed by atoms with Gasteiger partial charge in [-0.05, 0) is 30.6 Å². The molecule has 1 N–H and O–H groups in total. The molecule has 0 radical (unpaired) electrons. The molecule has 0 aliphatic heterocycles. The number of aromatic carboxylic acids is 1. The van der Waals surface area contributed by atoms with E-state index in [1.807, 2.05) is 6.07 Å². The molecular formula is C13H10N4O3S. The fourth-order valence-electron chi connectivity index (χ4n) is 1.68. The van der Waals surface area contributed by atoms with E-state index in [1.165, 1.54) is 30.3 Å². The smallest absolute Gasteiger partial charge is 0.340 e. The van der Waals surface area contributed by atoms with Crippen LogP contribution in [0.5, 0.6) is 0 Å². The van der Waals surface area contributed by atoms with Crippen molar-refractivity contribution < 1.29 is 14.7 Å². The molecule has 1 amide bonds. The summed E-state index contributed by atoms with van der Waals surface area (Å²) in [5, 5.41) is 18.1. The maximum absolute atomic E-state index is 12.3. The zero-order chi connectivity index (χ0) is 15.6. The first-order chi connectivity index (χ1) is 9.95. The number of carbonyl (C=O) groups excluding carboxylic acids is 1. The number of aromatic nitrogens is 2. The predicted octanol–water partition coefficient (Wildman–Crippen LogP) is 1.69. The summed E-state index contributed by atoms with van der Waals surface area (Å²) in [5.41, 5.74) is 0.826. The van der Waals surface area contributed by atoms with Crippen LogP contribution >= 0.6 is 11.5 Å². The minimum Gasteiger partial charge on any atom is -0.478 e. The Morgan fingerprint density at radius 1 is 1.43 bits per heavy atom. The third-order valence-electron chi connectivity index (χ3n) is 2.78. The molecule has 106 valence electrons. The van der Waals surface area contributed by atoms with Gasteiger partial charge in [-0.2, -0.15) is 9.64 Å². The SMILES string of the molecule is Cc1nsc(N(C)C(=O)c2ccc(C#N)cn2)c1C(=O)O. The minimum atomic E-state index is -1.14. The molecule has 0 bridgehead atoms. The Kier molecular flexibility index (Phi) is 3.95. The summed E-state index contributed by atoms with van der Waals surface area (Å²) in [6, 6.07) is 4.81. The first-order valence-electron chi connectivity index (χ1n) is 5.79. The molecule has 0 spiro atoms. The van der Waals surface area contributed by atoms with Crippen LogP contribution in [0.1, 0.15) is 32.1 Å². The highest BCUT2D eigenvalue weighted by molar-refractivity contribution is 7.11.